The predicted octanol–water partition coefficient (Wildman–Crippen LogP) is 3.80. The number of carbonyl (C=O) groups excluding carboxylic acids is 4. The lowest BCUT2D eigenvalue weighted by Gasteiger charge is -2.30. The number of aliphatic carboxylic acids is 1. The lowest BCUT2D eigenvalue weighted by atomic mass is 10.0. The summed E-state index contributed by atoms with van der Waals surface area (Å²) < 4.78 is 12.0. The first kappa shape index (κ1) is 31.4. The van der Waals surface area contributed by atoms with Gasteiger partial charge in [-0.25, -0.2) is 19.4 Å². The molecule has 0 bridgehead atoms. The zero-order chi connectivity index (χ0) is 31.6. The van der Waals surface area contributed by atoms with Gasteiger partial charge in [-0.2, -0.15) is 0 Å². The molecule has 1 saturated carbocycles. The number of esters is 1. The van der Waals surface area contributed by atoms with Crippen molar-refractivity contribution in [1.82, 2.24) is 20.5 Å². The fourth-order valence-corrected chi connectivity index (χ4v) is 6.61. The molecule has 3 aliphatic rings. The number of hydrogen-bond donors (Lipinski definition) is 3. The van der Waals surface area contributed by atoms with Crippen molar-refractivity contribution in [2.24, 2.45) is 5.92 Å². The van der Waals surface area contributed by atoms with E-state index in [1.54, 1.807) is 26.8 Å². The third-order valence-corrected chi connectivity index (χ3v) is 9.07. The highest BCUT2D eigenvalue weighted by Crippen LogP contribution is 2.45. The Labute approximate surface area is 259 Å². The van der Waals surface area contributed by atoms with Gasteiger partial charge in [-0.15, -0.1) is 11.3 Å². The predicted molar refractivity (Wildman–Crippen MR) is 161 cm³/mol. The van der Waals surface area contributed by atoms with Crippen molar-refractivity contribution in [3.05, 3.63) is 41.4 Å². The summed E-state index contributed by atoms with van der Waals surface area (Å²) >= 11 is 1.18. The molecule has 44 heavy (non-hydrogen) atoms. The Morgan fingerprint density at radius 2 is 1.93 bits per heavy atom. The lowest BCUT2D eigenvalue weighted by Crippen LogP contribution is -2.56. The summed E-state index contributed by atoms with van der Waals surface area (Å²) in [6, 6.07) is 5.17. The van der Waals surface area contributed by atoms with Crippen molar-refractivity contribution in [2.75, 3.05) is 6.54 Å². The Balaban J connectivity index is 1.40. The number of carboxylic acid groups (broad SMARTS) is 1. The second-order valence-corrected chi connectivity index (χ2v) is 13.6. The molecule has 12 nitrogen and oxygen atoms in total. The van der Waals surface area contributed by atoms with Gasteiger partial charge in [-0.05, 0) is 58.6 Å². The fraction of sp³-hybridized carbons (Fsp3) is 0.548. The first-order valence-corrected chi connectivity index (χ1v) is 15.8. The molecule has 1 saturated heterocycles. The number of hydrogen-bond acceptors (Lipinski definition) is 9. The number of nitrogens with zero attached hydrogens (tertiary/aromatic N) is 2. The van der Waals surface area contributed by atoms with Crippen molar-refractivity contribution in [3.63, 3.8) is 0 Å². The minimum absolute atomic E-state index is 0.0381. The number of ether oxygens (including phenoxy) is 2. The Morgan fingerprint density at radius 3 is 2.66 bits per heavy atom. The molecule has 0 spiro atoms. The van der Waals surface area contributed by atoms with E-state index in [-0.39, 0.29) is 30.3 Å². The minimum atomic E-state index is -1.47. The number of carboxylic acids is 1. The summed E-state index contributed by atoms with van der Waals surface area (Å²) in [6.45, 7) is 5.04. The van der Waals surface area contributed by atoms with E-state index >= 15 is 0 Å². The molecule has 3 amide bonds. The van der Waals surface area contributed by atoms with Crippen LogP contribution in [0, 0.1) is 5.92 Å². The fourth-order valence-electron chi connectivity index (χ4n) is 5.76. The monoisotopic (exact) mass is 626 g/mol. The van der Waals surface area contributed by atoms with Gasteiger partial charge in [0.05, 0.1) is 16.8 Å². The molecular formula is C31H38N4O8S. The van der Waals surface area contributed by atoms with Crippen molar-refractivity contribution in [3.8, 4) is 0 Å². The Morgan fingerprint density at radius 1 is 1.16 bits per heavy atom. The van der Waals surface area contributed by atoms with Gasteiger partial charge in [0.2, 0.25) is 16.8 Å². The molecular weight excluding hydrogens is 588 g/mol. The van der Waals surface area contributed by atoms with Crippen LogP contribution in [0.15, 0.2) is 36.4 Å². The average Bonchev–Trinajstić information content (AvgIpc) is 3.27. The summed E-state index contributed by atoms with van der Waals surface area (Å²) in [5.41, 5.74) is -1.60. The number of fused-ring (bicyclic) bond motifs is 3. The first-order chi connectivity index (χ1) is 20.9. The molecule has 236 valence electrons. The number of carbonyl (C=O) groups is 5. The molecule has 5 atom stereocenters. The van der Waals surface area contributed by atoms with E-state index in [1.165, 1.54) is 16.2 Å². The second kappa shape index (κ2) is 12.5. The van der Waals surface area contributed by atoms with Crippen molar-refractivity contribution < 1.29 is 38.6 Å². The third kappa shape index (κ3) is 7.03. The van der Waals surface area contributed by atoms with Crippen LogP contribution >= 0.6 is 11.3 Å². The van der Waals surface area contributed by atoms with Gasteiger partial charge in [-0.3, -0.25) is 9.59 Å². The van der Waals surface area contributed by atoms with Gasteiger partial charge >= 0.3 is 18.0 Å². The largest absolute Gasteiger partial charge is 0.479 e. The van der Waals surface area contributed by atoms with Crippen molar-refractivity contribution >= 4 is 51.4 Å². The SMILES string of the molecule is CC(C)(C)OC(=O)N[C@H]1CCCCC/C=C\[C@H]2C[C@]2(C(=O)O)NC(=O)[C@@H]2C[C@@H](OC(=O)c3nc4ccccc4s3)CN2C1=O. The third-order valence-electron chi connectivity index (χ3n) is 8.05. The number of thiazole rings is 1. The van der Waals surface area contributed by atoms with Crippen LogP contribution in [0.1, 0.15) is 75.5 Å². The maximum atomic E-state index is 14.0. The van der Waals surface area contributed by atoms with Gasteiger partial charge in [0, 0.05) is 12.3 Å². The number of amides is 3. The van der Waals surface area contributed by atoms with Gasteiger partial charge in [0.1, 0.15) is 29.3 Å². The number of allylic oxidation sites excluding steroid dienone is 1. The summed E-state index contributed by atoms with van der Waals surface area (Å²) in [7, 11) is 0. The Bertz CT molecular complexity index is 1450. The Hall–Kier alpha value is -4.00. The highest BCUT2D eigenvalue weighted by Gasteiger charge is 2.61. The van der Waals surface area contributed by atoms with Crippen LogP contribution < -0.4 is 10.6 Å². The van der Waals surface area contributed by atoms with E-state index in [1.807, 2.05) is 30.4 Å². The van der Waals surface area contributed by atoms with Crippen LogP contribution in [0.25, 0.3) is 10.2 Å². The molecule has 3 N–H and O–H groups in total. The molecule has 2 aromatic rings. The van der Waals surface area contributed by atoms with Gasteiger partial charge in [0.15, 0.2) is 0 Å². The van der Waals surface area contributed by atoms with E-state index in [0.717, 1.165) is 24.0 Å². The van der Waals surface area contributed by atoms with Crippen LogP contribution in [0.5, 0.6) is 0 Å². The number of rotatable bonds is 4. The molecule has 2 fully saturated rings. The molecule has 0 unspecified atom stereocenters. The minimum Gasteiger partial charge on any atom is -0.479 e. The molecule has 2 aliphatic heterocycles. The molecule has 1 aromatic heterocycles. The Kier molecular flexibility index (Phi) is 8.96. The lowest BCUT2D eigenvalue weighted by molar-refractivity contribution is -0.145. The van der Waals surface area contributed by atoms with Crippen LogP contribution in [-0.2, 0) is 23.9 Å². The first-order valence-electron chi connectivity index (χ1n) is 14.9. The van der Waals surface area contributed by atoms with E-state index in [2.05, 4.69) is 15.6 Å². The van der Waals surface area contributed by atoms with Gasteiger partial charge in [-0.1, -0.05) is 37.1 Å². The van der Waals surface area contributed by atoms with E-state index in [0.29, 0.717) is 18.4 Å². The molecule has 3 heterocycles. The van der Waals surface area contributed by atoms with Crippen molar-refractivity contribution in [1.29, 1.82) is 0 Å². The van der Waals surface area contributed by atoms with E-state index in [4.69, 9.17) is 9.47 Å². The zero-order valence-electron chi connectivity index (χ0n) is 25.0. The summed E-state index contributed by atoms with van der Waals surface area (Å²) in [5, 5.41) is 15.5. The molecule has 5 rings (SSSR count). The van der Waals surface area contributed by atoms with Crippen LogP contribution in [0.3, 0.4) is 0 Å². The van der Waals surface area contributed by atoms with Crippen LogP contribution in [-0.4, -0.2) is 80.7 Å². The second-order valence-electron chi connectivity index (χ2n) is 12.6. The molecule has 1 aliphatic carbocycles. The van der Waals surface area contributed by atoms with Gasteiger partial charge in [0.25, 0.3) is 0 Å². The molecule has 0 radical (unpaired) electrons. The quantitative estimate of drug-likeness (QED) is 0.338. The molecule has 1 aromatic carbocycles. The maximum Gasteiger partial charge on any atom is 0.408 e. The van der Waals surface area contributed by atoms with Crippen LogP contribution in [0.2, 0.25) is 0 Å². The van der Waals surface area contributed by atoms with E-state index in [9.17, 15) is 29.1 Å². The number of aromatic nitrogens is 1. The standard InChI is InChI=1S/C31H38N4O8S/c1-30(2,3)43-29(41)33-21-13-8-6-4-5-7-11-18-16-31(18,28(39)40)34-24(36)22-15-19(17-35(22)26(21)37)42-27(38)25-32-20-12-9-10-14-23(20)44-25/h7,9-12,14,18-19,21-22H,4-6,8,13,15-17H2,1-3H3,(H,33,41)(H,34,36)(H,39,40)/b11-7-/t18-,19+,21-,22-,31-/m0/s1. The van der Waals surface area contributed by atoms with E-state index < -0.39 is 59.2 Å². The van der Waals surface area contributed by atoms with Crippen LogP contribution in [0.4, 0.5) is 4.79 Å². The average molecular weight is 627 g/mol. The topological polar surface area (TPSA) is 164 Å². The normalized spacial score (nSPS) is 28.5. The zero-order valence-corrected chi connectivity index (χ0v) is 25.9. The number of para-hydroxylation sites is 1. The summed E-state index contributed by atoms with van der Waals surface area (Å²) in [6.07, 6.45) is 5.62. The summed E-state index contributed by atoms with van der Waals surface area (Å²) in [5.74, 6) is -3.37. The highest BCUT2D eigenvalue weighted by molar-refractivity contribution is 7.20. The smallest absolute Gasteiger partial charge is 0.408 e. The van der Waals surface area contributed by atoms with Crippen molar-refractivity contribution in [2.45, 2.75) is 95.0 Å². The van der Waals surface area contributed by atoms with Gasteiger partial charge < -0.3 is 30.1 Å². The summed E-state index contributed by atoms with van der Waals surface area (Å²) in [4.78, 5) is 71.5. The number of benzene rings is 1. The molecule has 13 heteroatoms. The maximum absolute atomic E-state index is 14.0. The highest BCUT2D eigenvalue weighted by atomic mass is 32.1. The number of alkyl carbamates (subject to hydrolysis) is 1. The number of nitrogens with one attached hydrogen (secondary N) is 2.